The number of esters is 1. The van der Waals surface area contributed by atoms with Crippen LogP contribution in [0.5, 0.6) is 0 Å². The van der Waals surface area contributed by atoms with Gasteiger partial charge in [-0.2, -0.15) is 0 Å². The summed E-state index contributed by atoms with van der Waals surface area (Å²) >= 11 is 0. The lowest BCUT2D eigenvalue weighted by Crippen LogP contribution is -2.45. The molecule has 1 amide bonds. The van der Waals surface area contributed by atoms with Crippen molar-refractivity contribution in [3.05, 3.63) is 12.2 Å². The van der Waals surface area contributed by atoms with Gasteiger partial charge >= 0.3 is 5.97 Å². The van der Waals surface area contributed by atoms with Crippen LogP contribution in [0.25, 0.3) is 0 Å². The highest BCUT2D eigenvalue weighted by Gasteiger charge is 2.18. The largest absolute Gasteiger partial charge is 0.466 e. The fraction of sp³-hybridized carbons (Fsp3) is 0.944. The first kappa shape index (κ1) is 75.6. The third kappa shape index (κ3) is 63.6. The molecule has 6 nitrogen and oxygen atoms in total. The molecule has 0 rings (SSSR count). The first-order chi connectivity index (χ1) is 38.0. The summed E-state index contributed by atoms with van der Waals surface area (Å²) in [7, 11) is 0. The zero-order valence-electron chi connectivity index (χ0n) is 52.5. The van der Waals surface area contributed by atoms with Gasteiger partial charge in [-0.3, -0.25) is 9.59 Å². The highest BCUT2D eigenvalue weighted by atomic mass is 16.5. The summed E-state index contributed by atoms with van der Waals surface area (Å²) in [5.41, 5.74) is 0. The van der Waals surface area contributed by atoms with Crippen molar-refractivity contribution in [3.8, 4) is 0 Å². The molecule has 458 valence electrons. The normalized spacial score (nSPS) is 12.5. The monoisotopic (exact) mass is 1090 g/mol. The van der Waals surface area contributed by atoms with Crippen LogP contribution < -0.4 is 5.32 Å². The van der Waals surface area contributed by atoms with Gasteiger partial charge in [-0.1, -0.05) is 373 Å². The molecular formula is C71H139NO5. The molecule has 0 saturated heterocycles. The molecule has 3 N–H and O–H groups in total. The second-order valence-electron chi connectivity index (χ2n) is 24.6. The summed E-state index contributed by atoms with van der Waals surface area (Å²) in [5.74, 6) is -0.0392. The molecule has 0 heterocycles. The smallest absolute Gasteiger partial charge is 0.305 e. The van der Waals surface area contributed by atoms with Crippen LogP contribution >= 0.6 is 0 Å². The highest BCUT2D eigenvalue weighted by Crippen LogP contribution is 2.19. The minimum Gasteiger partial charge on any atom is -0.466 e. The Morgan fingerprint density at radius 3 is 0.883 bits per heavy atom. The van der Waals surface area contributed by atoms with Crippen molar-refractivity contribution < 1.29 is 24.5 Å². The van der Waals surface area contributed by atoms with Gasteiger partial charge in [0.05, 0.1) is 25.4 Å². The van der Waals surface area contributed by atoms with Crippen LogP contribution in [0.1, 0.15) is 406 Å². The van der Waals surface area contributed by atoms with Gasteiger partial charge in [0.15, 0.2) is 0 Å². The van der Waals surface area contributed by atoms with E-state index in [9.17, 15) is 19.8 Å². The SMILES string of the molecule is CCCCCCCCCCCCCCCCCC/C=C/C(O)C(CO)NC(=O)CCCCCCCCCCCCCCCCCCCCCCCCCCCCCCOC(=O)CCCCCCCCCCCCCCCC. The van der Waals surface area contributed by atoms with Gasteiger partial charge in [0, 0.05) is 12.8 Å². The number of hydrogen-bond donors (Lipinski definition) is 3. The summed E-state index contributed by atoms with van der Waals surface area (Å²) in [6, 6.07) is -0.625. The summed E-state index contributed by atoms with van der Waals surface area (Å²) in [4.78, 5) is 24.6. The summed E-state index contributed by atoms with van der Waals surface area (Å²) in [6.45, 7) is 4.95. The van der Waals surface area contributed by atoms with Crippen LogP contribution in [-0.2, 0) is 14.3 Å². The summed E-state index contributed by atoms with van der Waals surface area (Å²) in [5, 5.41) is 23.2. The molecule has 0 fully saturated rings. The number of carbonyl (C=O) groups excluding carboxylic acids is 2. The van der Waals surface area contributed by atoms with Gasteiger partial charge in [-0.25, -0.2) is 0 Å². The van der Waals surface area contributed by atoms with E-state index < -0.39 is 12.1 Å². The number of nitrogens with one attached hydrogen (secondary N) is 1. The Hall–Kier alpha value is -1.40. The maximum absolute atomic E-state index is 12.5. The average molecular weight is 1090 g/mol. The Balaban J connectivity index is 3.35. The molecule has 77 heavy (non-hydrogen) atoms. The van der Waals surface area contributed by atoms with Crippen LogP contribution in [0.3, 0.4) is 0 Å². The number of ether oxygens (including phenoxy) is 1. The first-order valence-corrected chi connectivity index (χ1v) is 35.5. The molecule has 0 aromatic heterocycles. The van der Waals surface area contributed by atoms with E-state index in [2.05, 4.69) is 19.2 Å². The minimum absolute atomic E-state index is 0.0217. The Kier molecular flexibility index (Phi) is 65.9. The second kappa shape index (κ2) is 67.1. The third-order valence-electron chi connectivity index (χ3n) is 16.8. The molecule has 2 atom stereocenters. The van der Waals surface area contributed by atoms with Crippen molar-refractivity contribution in [2.24, 2.45) is 0 Å². The Bertz CT molecular complexity index is 1160. The zero-order valence-corrected chi connectivity index (χ0v) is 52.5. The lowest BCUT2D eigenvalue weighted by Gasteiger charge is -2.20. The van der Waals surface area contributed by atoms with Crippen LogP contribution in [0.15, 0.2) is 12.2 Å². The minimum atomic E-state index is -0.842. The van der Waals surface area contributed by atoms with Crippen molar-refractivity contribution >= 4 is 11.9 Å². The molecule has 0 bridgehead atoms. The topological polar surface area (TPSA) is 95.9 Å². The third-order valence-corrected chi connectivity index (χ3v) is 16.8. The number of rotatable bonds is 67. The van der Waals surface area contributed by atoms with E-state index in [4.69, 9.17) is 4.74 Å². The van der Waals surface area contributed by atoms with Gasteiger partial charge in [-0.05, 0) is 32.1 Å². The van der Waals surface area contributed by atoms with Crippen molar-refractivity contribution in [2.75, 3.05) is 13.2 Å². The number of aliphatic hydroxyl groups is 2. The van der Waals surface area contributed by atoms with E-state index in [0.29, 0.717) is 19.4 Å². The van der Waals surface area contributed by atoms with E-state index in [0.717, 1.165) is 38.5 Å². The maximum Gasteiger partial charge on any atom is 0.305 e. The van der Waals surface area contributed by atoms with Crippen LogP contribution in [-0.4, -0.2) is 47.4 Å². The molecule has 0 aromatic rings. The molecule has 0 aromatic carbocycles. The molecule has 0 aliphatic rings. The molecule has 2 unspecified atom stereocenters. The van der Waals surface area contributed by atoms with E-state index in [1.807, 2.05) is 6.08 Å². The van der Waals surface area contributed by atoms with Crippen LogP contribution in [0.4, 0.5) is 0 Å². The van der Waals surface area contributed by atoms with Gasteiger partial charge in [-0.15, -0.1) is 0 Å². The Labute approximate surface area is 482 Å². The number of allylic oxidation sites excluding steroid dienone is 1. The number of carbonyl (C=O) groups is 2. The zero-order chi connectivity index (χ0) is 55.7. The van der Waals surface area contributed by atoms with Crippen molar-refractivity contribution in [1.29, 1.82) is 0 Å². The van der Waals surface area contributed by atoms with Crippen molar-refractivity contribution in [3.63, 3.8) is 0 Å². The number of unbranched alkanes of at least 4 members (excludes halogenated alkanes) is 56. The fourth-order valence-corrected chi connectivity index (χ4v) is 11.4. The number of hydrogen-bond acceptors (Lipinski definition) is 5. The predicted molar refractivity (Wildman–Crippen MR) is 338 cm³/mol. The highest BCUT2D eigenvalue weighted by molar-refractivity contribution is 5.76. The first-order valence-electron chi connectivity index (χ1n) is 35.5. The molecule has 0 saturated carbocycles. The molecule has 0 radical (unpaired) electrons. The maximum atomic E-state index is 12.5. The van der Waals surface area contributed by atoms with E-state index in [-0.39, 0.29) is 18.5 Å². The van der Waals surface area contributed by atoms with Gasteiger partial charge in [0.2, 0.25) is 5.91 Å². The molecular weight excluding hydrogens is 947 g/mol. The van der Waals surface area contributed by atoms with Crippen molar-refractivity contribution in [2.45, 2.75) is 418 Å². The van der Waals surface area contributed by atoms with Gasteiger partial charge in [0.1, 0.15) is 0 Å². The van der Waals surface area contributed by atoms with Crippen LogP contribution in [0, 0.1) is 0 Å². The lowest BCUT2D eigenvalue weighted by atomic mass is 10.0. The second-order valence-corrected chi connectivity index (χ2v) is 24.6. The average Bonchev–Trinajstić information content (AvgIpc) is 3.43. The van der Waals surface area contributed by atoms with E-state index >= 15 is 0 Å². The van der Waals surface area contributed by atoms with E-state index in [1.54, 1.807) is 6.08 Å². The summed E-state index contributed by atoms with van der Waals surface area (Å²) in [6.07, 6.45) is 82.9. The number of amides is 1. The molecule has 0 aliphatic heterocycles. The Morgan fingerprint density at radius 1 is 0.351 bits per heavy atom. The van der Waals surface area contributed by atoms with Gasteiger partial charge in [0.25, 0.3) is 0 Å². The Morgan fingerprint density at radius 2 is 0.597 bits per heavy atom. The lowest BCUT2D eigenvalue weighted by molar-refractivity contribution is -0.143. The number of aliphatic hydroxyl groups excluding tert-OH is 2. The molecule has 6 heteroatoms. The fourth-order valence-electron chi connectivity index (χ4n) is 11.4. The predicted octanol–water partition coefficient (Wildman–Crippen LogP) is 22.8. The summed E-state index contributed by atoms with van der Waals surface area (Å²) < 4.78 is 5.50. The standard InChI is InChI=1S/C71H139NO5/c1-3-5-7-9-11-13-15-17-19-20-33-36-39-43-47-51-55-59-63-69(74)68(67-73)72-70(75)64-60-56-52-48-44-40-37-34-31-29-27-25-23-21-22-24-26-28-30-32-35-38-42-46-50-54-58-62-66-77-71(76)65-61-57-53-49-45-41-18-16-14-12-10-8-6-4-2/h59,63,68-69,73-74H,3-58,60-62,64-67H2,1-2H3,(H,72,75)/b63-59+. The van der Waals surface area contributed by atoms with E-state index in [1.165, 1.54) is 340 Å². The van der Waals surface area contributed by atoms with Gasteiger partial charge < -0.3 is 20.3 Å². The van der Waals surface area contributed by atoms with Crippen molar-refractivity contribution in [1.82, 2.24) is 5.32 Å². The quantitative estimate of drug-likeness (QED) is 0.0320. The molecule has 0 aliphatic carbocycles. The van der Waals surface area contributed by atoms with Crippen LogP contribution in [0.2, 0.25) is 0 Å². The molecule has 0 spiro atoms.